The minimum Gasteiger partial charge on any atom is -0.493 e. The number of aromatic hydroxyl groups is 1. The molecule has 0 bridgehead atoms. The predicted molar refractivity (Wildman–Crippen MR) is 122 cm³/mol. The topological polar surface area (TPSA) is 150 Å². The molecule has 3 heterocycles. The summed E-state index contributed by atoms with van der Waals surface area (Å²) in [5, 5.41) is 20.7. The lowest BCUT2D eigenvalue weighted by molar-refractivity contribution is -0.0661. The van der Waals surface area contributed by atoms with Crippen LogP contribution in [0.1, 0.15) is 18.5 Å². The van der Waals surface area contributed by atoms with E-state index in [1.165, 1.54) is 10.6 Å². The van der Waals surface area contributed by atoms with Crippen molar-refractivity contribution in [3.8, 4) is 11.7 Å². The van der Waals surface area contributed by atoms with Gasteiger partial charge in [-0.15, -0.1) is 0 Å². The number of H-pyrrole nitrogens is 1. The number of halogens is 1. The molecule has 0 aromatic carbocycles. The molecule has 0 aliphatic carbocycles. The first-order valence-corrected chi connectivity index (χ1v) is 12.6. The first kappa shape index (κ1) is 25.5. The van der Waals surface area contributed by atoms with Crippen LogP contribution in [0.15, 0.2) is 36.4 Å². The largest absolute Gasteiger partial charge is 0.493 e. The second kappa shape index (κ2) is 11.3. The molecule has 3 rings (SSSR count). The van der Waals surface area contributed by atoms with E-state index in [-0.39, 0.29) is 35.9 Å². The van der Waals surface area contributed by atoms with Gasteiger partial charge in [0.15, 0.2) is 22.5 Å². The SMILES string of the molecule is O=S(=O)(O)CCCCN1CC(Cl)OC1=CC(O)OCCc1[nH]c(=S)n(-c2ccccn2)c1O. The van der Waals surface area contributed by atoms with Crippen LogP contribution in [0.5, 0.6) is 5.88 Å². The van der Waals surface area contributed by atoms with Crippen LogP contribution in [0.25, 0.3) is 5.82 Å². The van der Waals surface area contributed by atoms with Gasteiger partial charge < -0.3 is 29.6 Å². The van der Waals surface area contributed by atoms with Crippen LogP contribution in [-0.4, -0.2) is 79.9 Å². The zero-order chi connectivity index (χ0) is 24.0. The maximum atomic E-state index is 10.8. The minimum absolute atomic E-state index is 0.0642. The molecule has 33 heavy (non-hydrogen) atoms. The Morgan fingerprint density at radius 1 is 1.42 bits per heavy atom. The highest BCUT2D eigenvalue weighted by atomic mass is 35.5. The van der Waals surface area contributed by atoms with Gasteiger partial charge in [-0.05, 0) is 37.2 Å². The van der Waals surface area contributed by atoms with Crippen LogP contribution >= 0.6 is 23.8 Å². The summed E-state index contributed by atoms with van der Waals surface area (Å²) in [4.78, 5) is 8.83. The minimum atomic E-state index is -4.00. The Morgan fingerprint density at radius 2 is 2.21 bits per heavy atom. The Morgan fingerprint density at radius 3 is 2.91 bits per heavy atom. The Hall–Kier alpha value is -2.16. The highest BCUT2D eigenvalue weighted by Crippen LogP contribution is 2.24. The Bertz CT molecular complexity index is 1120. The number of nitrogens with zero attached hydrogens (tertiary/aromatic N) is 3. The van der Waals surface area contributed by atoms with E-state index in [9.17, 15) is 18.6 Å². The number of pyridine rings is 1. The van der Waals surface area contributed by atoms with E-state index in [2.05, 4.69) is 9.97 Å². The van der Waals surface area contributed by atoms with Gasteiger partial charge in [0.25, 0.3) is 10.1 Å². The molecule has 1 aliphatic rings. The van der Waals surface area contributed by atoms with Crippen molar-refractivity contribution < 1.29 is 32.7 Å². The van der Waals surface area contributed by atoms with Crippen molar-refractivity contribution in [1.29, 1.82) is 0 Å². The molecule has 1 aliphatic heterocycles. The zero-order valence-electron chi connectivity index (χ0n) is 17.5. The number of aliphatic hydroxyl groups excluding tert-OH is 1. The lowest BCUT2D eigenvalue weighted by Gasteiger charge is -2.18. The summed E-state index contributed by atoms with van der Waals surface area (Å²) in [6.45, 7) is 0.856. The van der Waals surface area contributed by atoms with Crippen molar-refractivity contribution in [2.75, 3.05) is 25.4 Å². The van der Waals surface area contributed by atoms with Gasteiger partial charge in [0.1, 0.15) is 5.82 Å². The Balaban J connectivity index is 1.53. The van der Waals surface area contributed by atoms with Crippen LogP contribution in [0.4, 0.5) is 0 Å². The third-order valence-corrected chi connectivity index (χ3v) is 6.07. The summed E-state index contributed by atoms with van der Waals surface area (Å²) < 4.78 is 43.0. The van der Waals surface area contributed by atoms with E-state index < -0.39 is 22.0 Å². The molecule has 14 heteroatoms. The third kappa shape index (κ3) is 7.42. The quantitative estimate of drug-likeness (QED) is 0.114. The molecule has 2 aromatic heterocycles. The molecular weight excluding hydrogens is 496 g/mol. The van der Waals surface area contributed by atoms with Crippen LogP contribution in [0.2, 0.25) is 0 Å². The van der Waals surface area contributed by atoms with E-state index in [0.717, 1.165) is 0 Å². The summed E-state index contributed by atoms with van der Waals surface area (Å²) in [6.07, 6.45) is 2.64. The molecule has 2 unspecified atom stereocenters. The molecule has 4 N–H and O–H groups in total. The predicted octanol–water partition coefficient (Wildman–Crippen LogP) is 1.92. The molecular formula is C19H25ClN4O7S2. The van der Waals surface area contributed by atoms with Crippen LogP contribution in [0.3, 0.4) is 0 Å². The number of imidazole rings is 1. The average molecular weight is 521 g/mol. The molecule has 0 radical (unpaired) electrons. The molecule has 0 amide bonds. The molecule has 2 atom stereocenters. The number of aromatic nitrogens is 3. The summed E-state index contributed by atoms with van der Waals surface area (Å²) >= 11 is 11.3. The fraction of sp³-hybridized carbons (Fsp3) is 0.474. The van der Waals surface area contributed by atoms with Crippen LogP contribution in [0, 0.1) is 4.77 Å². The van der Waals surface area contributed by atoms with E-state index in [0.29, 0.717) is 36.9 Å². The van der Waals surface area contributed by atoms with E-state index in [1.54, 1.807) is 29.3 Å². The molecule has 11 nitrogen and oxygen atoms in total. The lowest BCUT2D eigenvalue weighted by Crippen LogP contribution is -2.23. The van der Waals surface area contributed by atoms with Crippen molar-refractivity contribution in [2.45, 2.75) is 31.1 Å². The van der Waals surface area contributed by atoms with E-state index in [4.69, 9.17) is 37.8 Å². The first-order valence-electron chi connectivity index (χ1n) is 10.1. The molecule has 182 valence electrons. The monoisotopic (exact) mass is 520 g/mol. The van der Waals surface area contributed by atoms with Gasteiger partial charge >= 0.3 is 0 Å². The fourth-order valence-corrected chi connectivity index (χ4v) is 4.37. The number of aromatic amines is 1. The van der Waals surface area contributed by atoms with Crippen LogP contribution < -0.4 is 0 Å². The smallest absolute Gasteiger partial charge is 0.264 e. The van der Waals surface area contributed by atoms with Gasteiger partial charge in [-0.2, -0.15) is 8.42 Å². The van der Waals surface area contributed by atoms with Crippen molar-refractivity contribution in [2.24, 2.45) is 0 Å². The van der Waals surface area contributed by atoms with E-state index >= 15 is 0 Å². The summed E-state index contributed by atoms with van der Waals surface area (Å²) in [6, 6.07) is 5.24. The van der Waals surface area contributed by atoms with E-state index in [1.807, 2.05) is 0 Å². The lowest BCUT2D eigenvalue weighted by atomic mass is 10.3. The normalized spacial score (nSPS) is 18.6. The van der Waals surface area contributed by atoms with Crippen molar-refractivity contribution in [3.63, 3.8) is 0 Å². The van der Waals surface area contributed by atoms with Gasteiger partial charge in [-0.25, -0.2) is 9.55 Å². The van der Waals surface area contributed by atoms with Crippen molar-refractivity contribution in [1.82, 2.24) is 19.4 Å². The first-order chi connectivity index (χ1) is 15.6. The molecule has 1 saturated heterocycles. The number of unbranched alkanes of at least 4 members (excludes halogenated alkanes) is 1. The number of nitrogens with one attached hydrogen (secondary N) is 1. The van der Waals surface area contributed by atoms with Crippen molar-refractivity contribution >= 4 is 33.9 Å². The summed E-state index contributed by atoms with van der Waals surface area (Å²) in [5.74, 6) is 0.376. The van der Waals surface area contributed by atoms with Gasteiger partial charge in [0.05, 0.1) is 24.6 Å². The van der Waals surface area contributed by atoms with Gasteiger partial charge in [-0.1, -0.05) is 17.7 Å². The Labute approximate surface area is 201 Å². The molecule has 1 fully saturated rings. The highest BCUT2D eigenvalue weighted by molar-refractivity contribution is 7.85. The number of alkyl halides is 1. The second-order valence-corrected chi connectivity index (χ2v) is 9.68. The fourth-order valence-electron chi connectivity index (χ4n) is 3.24. The Kier molecular flexibility index (Phi) is 8.73. The average Bonchev–Trinajstić information content (AvgIpc) is 3.23. The summed E-state index contributed by atoms with van der Waals surface area (Å²) in [5.41, 5.74) is -0.183. The highest BCUT2D eigenvalue weighted by Gasteiger charge is 2.27. The number of hydrogen-bond donors (Lipinski definition) is 4. The maximum absolute atomic E-state index is 10.8. The standard InChI is InChI=1S/C19H25ClN4O7S2/c20-14-12-23(8-3-4-10-33(27,28)29)16(31-14)11-17(25)30-9-6-13-18(26)24(19(32)22-13)15-5-1-2-7-21-15/h1-2,5,7,11,14,17,25-26H,3-4,6,8-10,12H2,(H,22,32)(H,27,28,29). The molecule has 0 spiro atoms. The molecule has 0 saturated carbocycles. The van der Waals surface area contributed by atoms with Gasteiger partial charge in [-0.3, -0.25) is 4.55 Å². The third-order valence-electron chi connectivity index (χ3n) is 4.75. The zero-order valence-corrected chi connectivity index (χ0v) is 19.9. The van der Waals surface area contributed by atoms with Gasteiger partial charge in [0, 0.05) is 25.2 Å². The number of ether oxygens (including phenoxy) is 2. The number of hydrogen-bond acceptors (Lipinski definition) is 9. The summed E-state index contributed by atoms with van der Waals surface area (Å²) in [7, 11) is -4.00. The second-order valence-electron chi connectivity index (χ2n) is 7.24. The maximum Gasteiger partial charge on any atom is 0.264 e. The van der Waals surface area contributed by atoms with Gasteiger partial charge in [0.2, 0.25) is 5.88 Å². The van der Waals surface area contributed by atoms with Crippen LogP contribution in [-0.2, 0) is 26.0 Å². The number of rotatable bonds is 11. The van der Waals surface area contributed by atoms with Crippen molar-refractivity contribution in [3.05, 3.63) is 46.8 Å². The number of aliphatic hydroxyl groups is 1. The molecule has 2 aromatic rings.